The summed E-state index contributed by atoms with van der Waals surface area (Å²) < 4.78 is 28.2. The highest BCUT2D eigenvalue weighted by atomic mass is 32.2. The van der Waals surface area contributed by atoms with Gasteiger partial charge in [-0.25, -0.2) is 0 Å². The molecule has 0 fully saturated rings. The molecule has 0 aliphatic carbocycles. The van der Waals surface area contributed by atoms with Crippen LogP contribution in [0.25, 0.3) is 10.8 Å². The van der Waals surface area contributed by atoms with Gasteiger partial charge in [0.05, 0.1) is 0 Å². The first kappa shape index (κ1) is 8.73. The minimum absolute atomic E-state index is 0.277. The second kappa shape index (κ2) is 2.52. The smallest absolute Gasteiger partial charge is 0.340 e. The molecule has 0 atom stereocenters. The van der Waals surface area contributed by atoms with Crippen LogP contribution in [0.2, 0.25) is 0 Å². The van der Waals surface area contributed by atoms with Crippen molar-refractivity contribution < 1.29 is 12.6 Å². The molecule has 0 aromatic heterocycles. The van der Waals surface area contributed by atoms with Gasteiger partial charge in [0.25, 0.3) is 0 Å². The van der Waals surface area contributed by atoms with Gasteiger partial charge in [-0.3, -0.25) is 0 Å². The Morgan fingerprint density at radius 3 is 2.73 bits per heavy atom. The molecule has 0 radical (unpaired) electrons. The molecular weight excluding hydrogens is 212 g/mol. The van der Waals surface area contributed by atoms with E-state index in [4.69, 9.17) is 4.18 Å². The summed E-state index contributed by atoms with van der Waals surface area (Å²) in [7, 11) is -3.57. The predicted molar refractivity (Wildman–Crippen MR) is 56.5 cm³/mol. The van der Waals surface area contributed by atoms with Crippen molar-refractivity contribution in [1.82, 2.24) is 0 Å². The number of hydrogen-bond acceptors (Lipinski definition) is 3. The lowest BCUT2D eigenvalue weighted by atomic mass is 10.1. The predicted octanol–water partition coefficient (Wildman–Crippen LogP) is 2.23. The van der Waals surface area contributed by atoms with Crippen LogP contribution in [-0.4, -0.2) is 8.42 Å². The second-order valence-electron chi connectivity index (χ2n) is 3.60. The van der Waals surface area contributed by atoms with Crippen molar-refractivity contribution in [3.63, 3.8) is 0 Å². The van der Waals surface area contributed by atoms with E-state index in [2.05, 4.69) is 0 Å². The van der Waals surface area contributed by atoms with Gasteiger partial charge >= 0.3 is 10.1 Å². The van der Waals surface area contributed by atoms with E-state index in [1.807, 2.05) is 19.1 Å². The van der Waals surface area contributed by atoms with Crippen LogP contribution in [0, 0.1) is 6.92 Å². The van der Waals surface area contributed by atoms with Crippen LogP contribution in [0.5, 0.6) is 5.75 Å². The van der Waals surface area contributed by atoms with E-state index in [1.165, 1.54) is 0 Å². The molecule has 2 aromatic carbocycles. The van der Waals surface area contributed by atoms with Crippen LogP contribution < -0.4 is 4.18 Å². The first-order valence-corrected chi connectivity index (χ1v) is 5.97. The van der Waals surface area contributed by atoms with Gasteiger partial charge in [-0.2, -0.15) is 8.42 Å². The van der Waals surface area contributed by atoms with Crippen molar-refractivity contribution in [2.45, 2.75) is 11.8 Å². The third kappa shape index (κ3) is 1.02. The van der Waals surface area contributed by atoms with Crippen molar-refractivity contribution in [2.24, 2.45) is 0 Å². The van der Waals surface area contributed by atoms with Crippen molar-refractivity contribution in [3.8, 4) is 5.75 Å². The Labute approximate surface area is 87.4 Å². The maximum absolute atomic E-state index is 11.6. The fourth-order valence-electron chi connectivity index (χ4n) is 1.93. The summed E-state index contributed by atoms with van der Waals surface area (Å²) in [5.74, 6) is 0.436. The van der Waals surface area contributed by atoms with Crippen LogP contribution in [0.4, 0.5) is 0 Å². The number of hydrogen-bond donors (Lipinski definition) is 0. The van der Waals surface area contributed by atoms with Crippen LogP contribution in [-0.2, 0) is 10.1 Å². The molecule has 1 heterocycles. The number of benzene rings is 2. The summed E-state index contributed by atoms with van der Waals surface area (Å²) in [6.07, 6.45) is 0. The third-order valence-corrected chi connectivity index (χ3v) is 3.93. The molecule has 3 nitrogen and oxygen atoms in total. The molecule has 1 aliphatic heterocycles. The summed E-state index contributed by atoms with van der Waals surface area (Å²) in [6.45, 7) is 1.95. The molecule has 0 saturated carbocycles. The summed E-state index contributed by atoms with van der Waals surface area (Å²) in [4.78, 5) is 0.277. The summed E-state index contributed by atoms with van der Waals surface area (Å²) >= 11 is 0. The highest BCUT2D eigenvalue weighted by molar-refractivity contribution is 7.87. The van der Waals surface area contributed by atoms with Crippen LogP contribution in [0.1, 0.15) is 5.56 Å². The minimum Gasteiger partial charge on any atom is -0.378 e. The van der Waals surface area contributed by atoms with Crippen molar-refractivity contribution >= 4 is 20.9 Å². The Morgan fingerprint density at radius 2 is 1.93 bits per heavy atom. The quantitative estimate of drug-likeness (QED) is 0.639. The zero-order valence-electron chi connectivity index (χ0n) is 8.02. The highest BCUT2D eigenvalue weighted by Crippen LogP contribution is 2.40. The molecule has 2 aromatic rings. The Balaban J connectivity index is 2.63. The highest BCUT2D eigenvalue weighted by Gasteiger charge is 2.29. The van der Waals surface area contributed by atoms with E-state index < -0.39 is 10.1 Å². The van der Waals surface area contributed by atoms with E-state index in [-0.39, 0.29) is 4.90 Å². The summed E-state index contributed by atoms with van der Waals surface area (Å²) in [5, 5.41) is 1.64. The number of rotatable bonds is 0. The minimum atomic E-state index is -3.57. The zero-order chi connectivity index (χ0) is 10.6. The lowest BCUT2D eigenvalue weighted by molar-refractivity contribution is 0.498. The zero-order valence-corrected chi connectivity index (χ0v) is 8.84. The van der Waals surface area contributed by atoms with Gasteiger partial charge in [-0.15, -0.1) is 0 Å². The maximum atomic E-state index is 11.6. The molecule has 0 saturated heterocycles. The lowest BCUT2D eigenvalue weighted by Gasteiger charge is -2.00. The average Bonchev–Trinajstić information content (AvgIpc) is 2.47. The van der Waals surface area contributed by atoms with Gasteiger partial charge < -0.3 is 4.18 Å². The number of aryl methyl sites for hydroxylation is 1. The topological polar surface area (TPSA) is 43.4 Å². The van der Waals surface area contributed by atoms with Gasteiger partial charge in [0, 0.05) is 5.39 Å². The van der Waals surface area contributed by atoms with Crippen LogP contribution in [0.3, 0.4) is 0 Å². The van der Waals surface area contributed by atoms with Crippen molar-refractivity contribution in [2.75, 3.05) is 0 Å². The van der Waals surface area contributed by atoms with Gasteiger partial charge in [-0.1, -0.05) is 18.2 Å². The first-order valence-electron chi connectivity index (χ1n) is 4.56. The average molecular weight is 220 g/mol. The molecule has 15 heavy (non-hydrogen) atoms. The molecule has 3 rings (SSSR count). The molecule has 0 unspecified atom stereocenters. The van der Waals surface area contributed by atoms with Gasteiger partial charge in [0.1, 0.15) is 4.90 Å². The Hall–Kier alpha value is -1.55. The van der Waals surface area contributed by atoms with Gasteiger partial charge in [0.15, 0.2) is 5.75 Å². The summed E-state index contributed by atoms with van der Waals surface area (Å²) in [6, 6.07) is 8.78. The maximum Gasteiger partial charge on any atom is 0.340 e. The van der Waals surface area contributed by atoms with E-state index in [1.54, 1.807) is 18.2 Å². The van der Waals surface area contributed by atoms with Crippen LogP contribution in [0.15, 0.2) is 35.2 Å². The largest absolute Gasteiger partial charge is 0.378 e. The molecule has 0 N–H and O–H groups in total. The van der Waals surface area contributed by atoms with E-state index in [9.17, 15) is 8.42 Å². The van der Waals surface area contributed by atoms with Gasteiger partial charge in [-0.05, 0) is 30.0 Å². The molecule has 1 aliphatic rings. The van der Waals surface area contributed by atoms with E-state index in [0.29, 0.717) is 11.1 Å². The normalized spacial score (nSPS) is 16.6. The molecule has 4 heteroatoms. The SMILES string of the molecule is Cc1ccc2c3c(cccc13)S(=O)(=O)O2. The fraction of sp³-hybridized carbons (Fsp3) is 0.0909. The fourth-order valence-corrected chi connectivity index (χ4v) is 3.10. The molecule has 0 bridgehead atoms. The van der Waals surface area contributed by atoms with Crippen molar-refractivity contribution in [1.29, 1.82) is 0 Å². The Kier molecular flexibility index (Phi) is 1.47. The summed E-state index contributed by atoms with van der Waals surface area (Å²) in [5.41, 5.74) is 1.05. The third-order valence-electron chi connectivity index (χ3n) is 2.65. The monoisotopic (exact) mass is 220 g/mol. The second-order valence-corrected chi connectivity index (χ2v) is 5.11. The Bertz CT molecular complexity index is 672. The van der Waals surface area contributed by atoms with Gasteiger partial charge in [0.2, 0.25) is 0 Å². The van der Waals surface area contributed by atoms with Crippen LogP contribution >= 0.6 is 0 Å². The molecular formula is C11H8O3S. The van der Waals surface area contributed by atoms with Crippen molar-refractivity contribution in [3.05, 3.63) is 35.9 Å². The lowest BCUT2D eigenvalue weighted by Crippen LogP contribution is -2.02. The van der Waals surface area contributed by atoms with E-state index in [0.717, 1.165) is 10.9 Å². The van der Waals surface area contributed by atoms with E-state index >= 15 is 0 Å². The first-order chi connectivity index (χ1) is 7.09. The Morgan fingerprint density at radius 1 is 1.13 bits per heavy atom. The molecule has 0 spiro atoms. The molecule has 0 amide bonds. The standard InChI is InChI=1S/C11H8O3S/c1-7-5-6-9-11-8(7)3-2-4-10(11)15(12,13)14-9/h2-6H,1H3. The molecule has 76 valence electrons.